The van der Waals surface area contributed by atoms with E-state index < -0.39 is 0 Å². The lowest BCUT2D eigenvalue weighted by Crippen LogP contribution is -2.44. The molecular weight excluding hydrogens is 200 g/mol. The summed E-state index contributed by atoms with van der Waals surface area (Å²) in [7, 11) is 1.84. The van der Waals surface area contributed by atoms with Gasteiger partial charge in [0.25, 0.3) is 0 Å². The maximum Gasteiger partial charge on any atom is 0.244 e. The third-order valence-corrected chi connectivity index (χ3v) is 3.27. The van der Waals surface area contributed by atoms with Crippen LogP contribution in [0.4, 0.5) is 5.69 Å². The number of hydrogen-bond acceptors (Lipinski definition) is 2. The van der Waals surface area contributed by atoms with E-state index in [9.17, 15) is 4.79 Å². The fourth-order valence-electron chi connectivity index (χ4n) is 2.15. The van der Waals surface area contributed by atoms with Crippen LogP contribution in [0, 0.1) is 5.92 Å². The van der Waals surface area contributed by atoms with Gasteiger partial charge in [0.05, 0.1) is 6.04 Å². The fraction of sp³-hybridized carbons (Fsp3) is 0.462. The molecule has 86 valence electrons. The highest BCUT2D eigenvalue weighted by Gasteiger charge is 2.31. The number of amides is 1. The smallest absolute Gasteiger partial charge is 0.244 e. The lowest BCUT2D eigenvalue weighted by Gasteiger charge is -2.23. The monoisotopic (exact) mass is 218 g/mol. The Bertz CT molecular complexity index is 363. The highest BCUT2D eigenvalue weighted by atomic mass is 16.2. The Balaban J connectivity index is 2.10. The van der Waals surface area contributed by atoms with Crippen molar-refractivity contribution in [3.63, 3.8) is 0 Å². The number of hydrogen-bond donors (Lipinski definition) is 1. The molecule has 2 unspecified atom stereocenters. The van der Waals surface area contributed by atoms with E-state index in [4.69, 9.17) is 0 Å². The molecule has 1 aliphatic rings. The Hall–Kier alpha value is -1.35. The van der Waals surface area contributed by atoms with E-state index in [1.807, 2.05) is 37.4 Å². The molecule has 3 nitrogen and oxygen atoms in total. The Morgan fingerprint density at radius 2 is 2.06 bits per heavy atom. The third-order valence-electron chi connectivity index (χ3n) is 3.27. The molecule has 16 heavy (non-hydrogen) atoms. The highest BCUT2D eigenvalue weighted by Crippen LogP contribution is 2.19. The zero-order valence-electron chi connectivity index (χ0n) is 9.81. The number of nitrogens with one attached hydrogen (secondary N) is 1. The Labute approximate surface area is 96.5 Å². The molecule has 1 amide bonds. The topological polar surface area (TPSA) is 32.3 Å². The predicted octanol–water partition coefficient (Wildman–Crippen LogP) is 1.65. The largest absolute Gasteiger partial charge is 0.314 e. The molecular formula is C13H18N2O. The molecule has 1 N–H and O–H groups in total. The number of anilines is 1. The summed E-state index contributed by atoms with van der Waals surface area (Å²) >= 11 is 0. The van der Waals surface area contributed by atoms with Crippen molar-refractivity contribution in [1.29, 1.82) is 0 Å². The number of carbonyl (C=O) groups is 1. The van der Waals surface area contributed by atoms with E-state index in [-0.39, 0.29) is 11.9 Å². The number of likely N-dealkylation sites (N-methyl/N-ethyl adjacent to an activating group) is 1. The number of rotatable bonds is 2. The third kappa shape index (κ3) is 2.09. The van der Waals surface area contributed by atoms with Crippen LogP contribution in [0.5, 0.6) is 0 Å². The molecule has 0 radical (unpaired) electrons. The first-order valence-corrected chi connectivity index (χ1v) is 5.76. The first kappa shape index (κ1) is 11.1. The summed E-state index contributed by atoms with van der Waals surface area (Å²) < 4.78 is 0. The quantitative estimate of drug-likeness (QED) is 0.818. The van der Waals surface area contributed by atoms with Gasteiger partial charge in [0.2, 0.25) is 5.91 Å². The average Bonchev–Trinajstić information content (AvgIpc) is 2.75. The van der Waals surface area contributed by atoms with Crippen LogP contribution in [-0.4, -0.2) is 25.5 Å². The fourth-order valence-corrected chi connectivity index (χ4v) is 2.15. The molecule has 2 rings (SSSR count). The molecule has 0 saturated carbocycles. The molecule has 0 spiro atoms. The van der Waals surface area contributed by atoms with Crippen molar-refractivity contribution < 1.29 is 4.79 Å². The van der Waals surface area contributed by atoms with Crippen molar-refractivity contribution in [2.24, 2.45) is 5.92 Å². The summed E-state index contributed by atoms with van der Waals surface area (Å²) in [5.74, 6) is 0.592. The van der Waals surface area contributed by atoms with E-state index in [0.717, 1.165) is 18.7 Å². The first-order chi connectivity index (χ1) is 7.70. The van der Waals surface area contributed by atoms with Crippen LogP contribution in [0.3, 0.4) is 0 Å². The van der Waals surface area contributed by atoms with E-state index >= 15 is 0 Å². The zero-order chi connectivity index (χ0) is 11.5. The van der Waals surface area contributed by atoms with E-state index in [0.29, 0.717) is 5.92 Å². The lowest BCUT2D eigenvalue weighted by molar-refractivity contribution is -0.120. The lowest BCUT2D eigenvalue weighted by atomic mass is 10.0. The zero-order valence-corrected chi connectivity index (χ0v) is 9.81. The minimum atomic E-state index is -0.0230. The minimum Gasteiger partial charge on any atom is -0.314 e. The number of nitrogens with zero attached hydrogens (tertiary/aromatic N) is 1. The van der Waals surface area contributed by atoms with Crippen LogP contribution >= 0.6 is 0 Å². The SMILES string of the molecule is CC1CCNC1C(=O)N(C)c1ccccc1. The molecule has 1 heterocycles. The van der Waals surface area contributed by atoms with Crippen LogP contribution in [0.25, 0.3) is 0 Å². The van der Waals surface area contributed by atoms with Crippen molar-refractivity contribution in [2.75, 3.05) is 18.5 Å². The maximum atomic E-state index is 12.2. The molecule has 1 fully saturated rings. The summed E-state index contributed by atoms with van der Waals surface area (Å²) in [6, 6.07) is 9.74. The van der Waals surface area contributed by atoms with Crippen LogP contribution in [0.2, 0.25) is 0 Å². The summed E-state index contributed by atoms with van der Waals surface area (Å²) in [5.41, 5.74) is 0.952. The molecule has 2 atom stereocenters. The predicted molar refractivity (Wildman–Crippen MR) is 65.4 cm³/mol. The van der Waals surface area contributed by atoms with Crippen LogP contribution in [-0.2, 0) is 4.79 Å². The Kier molecular flexibility index (Phi) is 3.25. The Morgan fingerprint density at radius 3 is 2.62 bits per heavy atom. The molecule has 0 bridgehead atoms. The van der Waals surface area contributed by atoms with Gasteiger partial charge in [-0.05, 0) is 31.0 Å². The molecule has 1 aromatic rings. The average molecular weight is 218 g/mol. The van der Waals surface area contributed by atoms with E-state index in [1.54, 1.807) is 4.90 Å². The van der Waals surface area contributed by atoms with Crippen LogP contribution < -0.4 is 10.2 Å². The van der Waals surface area contributed by atoms with Gasteiger partial charge in [0.15, 0.2) is 0 Å². The van der Waals surface area contributed by atoms with Gasteiger partial charge >= 0.3 is 0 Å². The van der Waals surface area contributed by atoms with Crippen molar-refractivity contribution in [1.82, 2.24) is 5.32 Å². The van der Waals surface area contributed by atoms with Crippen molar-refractivity contribution in [3.8, 4) is 0 Å². The van der Waals surface area contributed by atoms with E-state index in [1.165, 1.54) is 0 Å². The minimum absolute atomic E-state index is 0.0230. The molecule has 0 aromatic heterocycles. The van der Waals surface area contributed by atoms with Gasteiger partial charge in [-0.15, -0.1) is 0 Å². The Morgan fingerprint density at radius 1 is 1.38 bits per heavy atom. The van der Waals surface area contributed by atoms with Gasteiger partial charge in [-0.25, -0.2) is 0 Å². The second-order valence-electron chi connectivity index (χ2n) is 4.43. The maximum absolute atomic E-state index is 12.2. The summed E-state index contributed by atoms with van der Waals surface area (Å²) in [5, 5.41) is 3.27. The van der Waals surface area contributed by atoms with Crippen molar-refractivity contribution in [3.05, 3.63) is 30.3 Å². The van der Waals surface area contributed by atoms with Gasteiger partial charge in [0.1, 0.15) is 0 Å². The second-order valence-corrected chi connectivity index (χ2v) is 4.43. The summed E-state index contributed by atoms with van der Waals surface area (Å²) in [6.45, 7) is 3.07. The van der Waals surface area contributed by atoms with E-state index in [2.05, 4.69) is 12.2 Å². The highest BCUT2D eigenvalue weighted by molar-refractivity contribution is 5.97. The molecule has 1 saturated heterocycles. The molecule has 0 aliphatic carbocycles. The summed E-state index contributed by atoms with van der Waals surface area (Å²) in [4.78, 5) is 14.0. The van der Waals surface area contributed by atoms with Gasteiger partial charge in [-0.2, -0.15) is 0 Å². The van der Waals surface area contributed by atoms with Crippen LogP contribution in [0.1, 0.15) is 13.3 Å². The molecule has 3 heteroatoms. The number of benzene rings is 1. The van der Waals surface area contributed by atoms with Crippen molar-refractivity contribution >= 4 is 11.6 Å². The van der Waals surface area contributed by atoms with Gasteiger partial charge < -0.3 is 10.2 Å². The summed E-state index contributed by atoms with van der Waals surface area (Å²) in [6.07, 6.45) is 1.08. The van der Waals surface area contributed by atoms with Gasteiger partial charge in [-0.1, -0.05) is 25.1 Å². The van der Waals surface area contributed by atoms with Gasteiger partial charge in [-0.3, -0.25) is 4.79 Å². The standard InChI is InChI=1S/C13H18N2O/c1-10-8-9-14-12(10)13(16)15(2)11-6-4-3-5-7-11/h3-7,10,12,14H,8-9H2,1-2H3. The second kappa shape index (κ2) is 4.66. The van der Waals surface area contributed by atoms with Crippen molar-refractivity contribution in [2.45, 2.75) is 19.4 Å². The normalized spacial score (nSPS) is 24.4. The number of para-hydroxylation sites is 1. The number of carbonyl (C=O) groups excluding carboxylic acids is 1. The first-order valence-electron chi connectivity index (χ1n) is 5.76. The van der Waals surface area contributed by atoms with Gasteiger partial charge in [0, 0.05) is 12.7 Å². The molecule has 1 aromatic carbocycles. The van der Waals surface area contributed by atoms with Crippen LogP contribution in [0.15, 0.2) is 30.3 Å². The molecule has 1 aliphatic heterocycles.